The monoisotopic (exact) mass is 432 g/mol. The van der Waals surface area contributed by atoms with Crippen LogP contribution in [0, 0.1) is 0 Å². The Morgan fingerprint density at radius 2 is 1.08 bits per heavy atom. The zero-order chi connectivity index (χ0) is 18.5. The van der Waals surface area contributed by atoms with Crippen molar-refractivity contribution in [3.05, 3.63) is 0 Å². The maximum atomic E-state index is 5.78. The lowest BCUT2D eigenvalue weighted by atomic mass is 10.0. The van der Waals surface area contributed by atoms with Gasteiger partial charge in [-0.15, -0.1) is 0 Å². The van der Waals surface area contributed by atoms with Crippen molar-refractivity contribution < 1.29 is 9.47 Å². The van der Waals surface area contributed by atoms with Crippen LogP contribution >= 0.6 is 15.9 Å². The first kappa shape index (κ1) is 24.4. The second-order valence-corrected chi connectivity index (χ2v) is 8.81. The van der Waals surface area contributed by atoms with Crippen molar-refractivity contribution in [2.75, 3.05) is 18.5 Å². The van der Waals surface area contributed by atoms with E-state index >= 15 is 0 Å². The molecule has 1 rings (SSSR count). The smallest absolute Gasteiger partial charge is 0.157 e. The van der Waals surface area contributed by atoms with E-state index < -0.39 is 0 Å². The van der Waals surface area contributed by atoms with Crippen LogP contribution in [0.5, 0.6) is 0 Å². The van der Waals surface area contributed by atoms with Gasteiger partial charge in [0.1, 0.15) is 0 Å². The molecule has 0 N–H and O–H groups in total. The molecule has 1 atom stereocenters. The fourth-order valence-electron chi connectivity index (χ4n) is 3.73. The molecule has 0 amide bonds. The first-order chi connectivity index (χ1) is 12.9. The summed E-state index contributed by atoms with van der Waals surface area (Å²) in [7, 11) is 0. The Hall–Kier alpha value is 0.400. The van der Waals surface area contributed by atoms with Gasteiger partial charge in [-0.1, -0.05) is 106 Å². The molecule has 0 aromatic heterocycles. The zero-order valence-corrected chi connectivity index (χ0v) is 18.9. The highest BCUT2D eigenvalue weighted by molar-refractivity contribution is 9.09. The van der Waals surface area contributed by atoms with Crippen LogP contribution in [0.15, 0.2) is 0 Å². The molecule has 0 aromatic carbocycles. The van der Waals surface area contributed by atoms with Gasteiger partial charge in [-0.25, -0.2) is 0 Å². The Kier molecular flexibility index (Phi) is 18.9. The summed E-state index contributed by atoms with van der Waals surface area (Å²) in [6.07, 6.45) is 26.3. The summed E-state index contributed by atoms with van der Waals surface area (Å²) in [6.45, 7) is 1.78. The van der Waals surface area contributed by atoms with Gasteiger partial charge in [0.25, 0.3) is 0 Å². The first-order valence-electron chi connectivity index (χ1n) is 11.7. The van der Waals surface area contributed by atoms with Gasteiger partial charge in [0.05, 0.1) is 0 Å². The van der Waals surface area contributed by atoms with E-state index in [0.29, 0.717) is 0 Å². The van der Waals surface area contributed by atoms with Gasteiger partial charge >= 0.3 is 0 Å². The van der Waals surface area contributed by atoms with Crippen LogP contribution < -0.4 is 0 Å². The Morgan fingerprint density at radius 1 is 0.615 bits per heavy atom. The number of ether oxygens (including phenoxy) is 2. The third-order valence-electron chi connectivity index (χ3n) is 5.47. The lowest BCUT2D eigenvalue weighted by molar-refractivity contribution is -0.162. The van der Waals surface area contributed by atoms with Crippen molar-refractivity contribution >= 4 is 15.9 Å². The molecule has 1 fully saturated rings. The minimum absolute atomic E-state index is 0.1000. The summed E-state index contributed by atoms with van der Waals surface area (Å²) in [5, 5.41) is 1.18. The molecule has 0 saturated carbocycles. The minimum atomic E-state index is 0.1000. The molecular weight excluding hydrogens is 388 g/mol. The molecule has 1 aliphatic rings. The zero-order valence-electron chi connectivity index (χ0n) is 17.3. The third kappa shape index (κ3) is 16.6. The molecule has 1 heterocycles. The number of unbranched alkanes of at least 4 members (excludes halogenated alkanes) is 15. The second kappa shape index (κ2) is 20.1. The van der Waals surface area contributed by atoms with E-state index in [2.05, 4.69) is 15.9 Å². The lowest BCUT2D eigenvalue weighted by Gasteiger charge is -2.22. The molecule has 0 spiro atoms. The number of hydrogen-bond donors (Lipinski definition) is 0. The quantitative estimate of drug-likeness (QED) is 0.151. The van der Waals surface area contributed by atoms with Gasteiger partial charge in [0.15, 0.2) is 6.29 Å². The van der Waals surface area contributed by atoms with Crippen LogP contribution in [-0.2, 0) is 9.47 Å². The molecule has 3 heteroatoms. The largest absolute Gasteiger partial charge is 0.353 e. The maximum Gasteiger partial charge on any atom is 0.157 e. The predicted molar refractivity (Wildman–Crippen MR) is 117 cm³/mol. The van der Waals surface area contributed by atoms with Gasteiger partial charge in [-0.2, -0.15) is 0 Å². The molecule has 2 nitrogen and oxygen atoms in total. The molecular formula is C23H45BrO2. The normalized spacial score (nSPS) is 17.7. The summed E-state index contributed by atoms with van der Waals surface area (Å²) >= 11 is 3.50. The fourth-order valence-corrected chi connectivity index (χ4v) is 4.13. The van der Waals surface area contributed by atoms with E-state index in [1.165, 1.54) is 121 Å². The molecule has 156 valence electrons. The van der Waals surface area contributed by atoms with Gasteiger partial charge in [0, 0.05) is 18.5 Å². The van der Waals surface area contributed by atoms with Crippen LogP contribution in [0.3, 0.4) is 0 Å². The standard InChI is InChI=1S/C23H45BrO2/c24-20-16-13-11-9-7-5-3-1-2-4-6-8-10-12-14-17-21-25-23-19-15-18-22-26-23/h23H,1-22H2. The Bertz CT molecular complexity index is 267. The van der Waals surface area contributed by atoms with Crippen LogP contribution in [0.2, 0.25) is 0 Å². The van der Waals surface area contributed by atoms with Crippen LogP contribution in [0.4, 0.5) is 0 Å². The predicted octanol–water partition coefficient (Wildman–Crippen LogP) is 8.17. The van der Waals surface area contributed by atoms with Gasteiger partial charge < -0.3 is 9.47 Å². The van der Waals surface area contributed by atoms with Crippen molar-refractivity contribution in [2.45, 2.75) is 128 Å². The molecule has 26 heavy (non-hydrogen) atoms. The minimum Gasteiger partial charge on any atom is -0.353 e. The maximum absolute atomic E-state index is 5.78. The highest BCUT2D eigenvalue weighted by Crippen LogP contribution is 2.16. The first-order valence-corrected chi connectivity index (χ1v) is 12.8. The van der Waals surface area contributed by atoms with Gasteiger partial charge in [-0.05, 0) is 32.1 Å². The van der Waals surface area contributed by atoms with Gasteiger partial charge in [0.2, 0.25) is 0 Å². The highest BCUT2D eigenvalue weighted by Gasteiger charge is 2.13. The number of rotatable bonds is 19. The van der Waals surface area contributed by atoms with E-state index in [1.807, 2.05) is 0 Å². The fraction of sp³-hybridized carbons (Fsp3) is 1.00. The van der Waals surface area contributed by atoms with Crippen LogP contribution in [-0.4, -0.2) is 24.8 Å². The third-order valence-corrected chi connectivity index (χ3v) is 6.03. The second-order valence-electron chi connectivity index (χ2n) is 8.01. The Balaban J connectivity index is 1.65. The van der Waals surface area contributed by atoms with Crippen molar-refractivity contribution in [1.82, 2.24) is 0 Å². The summed E-state index contributed by atoms with van der Waals surface area (Å²) in [6, 6.07) is 0. The summed E-state index contributed by atoms with van der Waals surface area (Å²) in [5.41, 5.74) is 0. The van der Waals surface area contributed by atoms with Crippen molar-refractivity contribution in [3.8, 4) is 0 Å². The SMILES string of the molecule is BrCCCCCCCCCCCCCCCCCCOC1CCCCO1. The molecule has 0 aromatic rings. The lowest BCUT2D eigenvalue weighted by Crippen LogP contribution is -2.22. The number of hydrogen-bond acceptors (Lipinski definition) is 2. The van der Waals surface area contributed by atoms with Gasteiger partial charge in [-0.3, -0.25) is 0 Å². The number of alkyl halides is 1. The molecule has 1 aliphatic heterocycles. The summed E-state index contributed by atoms with van der Waals surface area (Å²) < 4.78 is 11.4. The molecule has 1 unspecified atom stereocenters. The highest BCUT2D eigenvalue weighted by atomic mass is 79.9. The van der Waals surface area contributed by atoms with E-state index in [1.54, 1.807) is 0 Å². The average Bonchev–Trinajstić information content (AvgIpc) is 2.68. The van der Waals surface area contributed by atoms with Crippen LogP contribution in [0.25, 0.3) is 0 Å². The summed E-state index contributed by atoms with van der Waals surface area (Å²) in [4.78, 5) is 0. The van der Waals surface area contributed by atoms with Crippen LogP contribution in [0.1, 0.15) is 122 Å². The van der Waals surface area contributed by atoms with E-state index in [9.17, 15) is 0 Å². The van der Waals surface area contributed by atoms with E-state index in [0.717, 1.165) is 19.6 Å². The van der Waals surface area contributed by atoms with Crippen molar-refractivity contribution in [1.29, 1.82) is 0 Å². The van der Waals surface area contributed by atoms with Crippen molar-refractivity contribution in [3.63, 3.8) is 0 Å². The summed E-state index contributed by atoms with van der Waals surface area (Å²) in [5.74, 6) is 0. The topological polar surface area (TPSA) is 18.5 Å². The Morgan fingerprint density at radius 3 is 1.50 bits per heavy atom. The van der Waals surface area contributed by atoms with Crippen molar-refractivity contribution in [2.24, 2.45) is 0 Å². The average molecular weight is 434 g/mol. The van der Waals surface area contributed by atoms with E-state index in [4.69, 9.17) is 9.47 Å². The molecule has 0 radical (unpaired) electrons. The molecule has 0 aliphatic carbocycles. The molecule has 0 bridgehead atoms. The van der Waals surface area contributed by atoms with E-state index in [-0.39, 0.29) is 6.29 Å². The molecule has 1 saturated heterocycles. The Labute approximate surface area is 172 Å². The number of halogens is 1.